The molecule has 3 aromatic heterocycles. The van der Waals surface area contributed by atoms with Gasteiger partial charge in [0.15, 0.2) is 11.4 Å². The van der Waals surface area contributed by atoms with E-state index in [2.05, 4.69) is 20.5 Å². The first kappa shape index (κ1) is 19.2. The zero-order valence-corrected chi connectivity index (χ0v) is 16.4. The maximum atomic E-state index is 13.1. The summed E-state index contributed by atoms with van der Waals surface area (Å²) in [5.74, 6) is -0.711. The zero-order valence-electron chi connectivity index (χ0n) is 16.4. The van der Waals surface area contributed by atoms with Crippen molar-refractivity contribution in [2.75, 3.05) is 5.32 Å². The van der Waals surface area contributed by atoms with E-state index in [0.29, 0.717) is 42.8 Å². The van der Waals surface area contributed by atoms with E-state index in [-0.39, 0.29) is 23.7 Å². The number of fused-ring (bicyclic) bond motifs is 1. The highest BCUT2D eigenvalue weighted by molar-refractivity contribution is 5.91. The van der Waals surface area contributed by atoms with E-state index in [4.69, 9.17) is 4.42 Å². The number of amides is 1. The zero-order chi connectivity index (χ0) is 21.4. The third-order valence-electron chi connectivity index (χ3n) is 5.65. The number of anilines is 1. The molecule has 1 aliphatic carbocycles. The molecule has 1 saturated carbocycles. The molecule has 1 aliphatic rings. The van der Waals surface area contributed by atoms with Gasteiger partial charge in [0.05, 0.1) is 23.6 Å². The van der Waals surface area contributed by atoms with Crippen molar-refractivity contribution >= 4 is 22.8 Å². The van der Waals surface area contributed by atoms with Gasteiger partial charge in [0.1, 0.15) is 5.82 Å². The number of rotatable bonds is 4. The molecule has 1 N–H and O–H groups in total. The molecule has 9 nitrogen and oxygen atoms in total. The van der Waals surface area contributed by atoms with E-state index in [1.54, 1.807) is 29.0 Å². The lowest BCUT2D eigenvalue weighted by molar-refractivity contribution is -0.121. The van der Waals surface area contributed by atoms with Crippen LogP contribution >= 0.6 is 0 Å². The lowest BCUT2D eigenvalue weighted by Crippen LogP contribution is -2.30. The van der Waals surface area contributed by atoms with Crippen LogP contribution in [0.5, 0.6) is 0 Å². The Balaban J connectivity index is 1.23. The normalized spacial score (nSPS) is 18.9. The summed E-state index contributed by atoms with van der Waals surface area (Å²) >= 11 is 0. The minimum absolute atomic E-state index is 0.0143. The second-order valence-electron chi connectivity index (χ2n) is 7.57. The summed E-state index contributed by atoms with van der Waals surface area (Å²) in [5.41, 5.74) is 1.79. The fraction of sp³-hybridized carbons (Fsp3) is 0.286. The largest absolute Gasteiger partial charge is 0.420 e. The quantitative estimate of drug-likeness (QED) is 0.542. The molecule has 0 spiro atoms. The third-order valence-corrected chi connectivity index (χ3v) is 5.65. The molecule has 1 fully saturated rings. The molecular formula is C21H19FN6O3. The Hall–Kier alpha value is -3.82. The van der Waals surface area contributed by atoms with Crippen LogP contribution in [0.3, 0.4) is 0 Å². The van der Waals surface area contributed by atoms with Crippen LogP contribution in [-0.4, -0.2) is 30.5 Å². The molecule has 5 rings (SSSR count). The van der Waals surface area contributed by atoms with Crippen LogP contribution in [0.25, 0.3) is 16.8 Å². The number of aromatic nitrogens is 5. The van der Waals surface area contributed by atoms with Crippen LogP contribution in [-0.2, 0) is 4.79 Å². The first-order valence-corrected chi connectivity index (χ1v) is 10.0. The molecule has 3 heterocycles. The predicted octanol–water partition coefficient (Wildman–Crippen LogP) is 3.08. The Morgan fingerprint density at radius 3 is 2.65 bits per heavy atom. The van der Waals surface area contributed by atoms with Crippen molar-refractivity contribution in [2.24, 2.45) is 5.92 Å². The Morgan fingerprint density at radius 1 is 1.10 bits per heavy atom. The number of hydrogen-bond donors (Lipinski definition) is 1. The van der Waals surface area contributed by atoms with Crippen molar-refractivity contribution in [3.8, 4) is 5.69 Å². The van der Waals surface area contributed by atoms with Crippen molar-refractivity contribution in [3.05, 3.63) is 65.3 Å². The monoisotopic (exact) mass is 422 g/mol. The van der Waals surface area contributed by atoms with Crippen LogP contribution in [0, 0.1) is 11.7 Å². The van der Waals surface area contributed by atoms with E-state index in [9.17, 15) is 14.0 Å². The lowest BCUT2D eigenvalue weighted by Gasteiger charge is -2.27. The van der Waals surface area contributed by atoms with Crippen LogP contribution in [0.2, 0.25) is 0 Å². The fourth-order valence-electron chi connectivity index (χ4n) is 4.08. The van der Waals surface area contributed by atoms with Gasteiger partial charge in [-0.3, -0.25) is 14.3 Å². The van der Waals surface area contributed by atoms with Crippen molar-refractivity contribution in [1.82, 2.24) is 24.5 Å². The minimum Gasteiger partial charge on any atom is -0.406 e. The number of hydrogen-bond acceptors (Lipinski definition) is 6. The number of nitrogens with one attached hydrogen (secondary N) is 1. The summed E-state index contributed by atoms with van der Waals surface area (Å²) in [6, 6.07) is 7.50. The van der Waals surface area contributed by atoms with Gasteiger partial charge in [0, 0.05) is 18.2 Å². The van der Waals surface area contributed by atoms with Crippen molar-refractivity contribution in [3.63, 3.8) is 0 Å². The Bertz CT molecular complexity index is 1280. The van der Waals surface area contributed by atoms with Gasteiger partial charge >= 0.3 is 5.76 Å². The summed E-state index contributed by atoms with van der Waals surface area (Å²) in [7, 11) is 0. The number of nitrogens with zero attached hydrogens (tertiary/aromatic N) is 5. The predicted molar refractivity (Wildman–Crippen MR) is 109 cm³/mol. The average Bonchev–Trinajstić information content (AvgIpc) is 3.38. The second-order valence-corrected chi connectivity index (χ2v) is 7.57. The molecule has 1 amide bonds. The molecule has 0 radical (unpaired) electrons. The van der Waals surface area contributed by atoms with E-state index < -0.39 is 5.76 Å². The van der Waals surface area contributed by atoms with Gasteiger partial charge in [-0.1, -0.05) is 0 Å². The van der Waals surface area contributed by atoms with Gasteiger partial charge in [0.25, 0.3) is 0 Å². The molecular weight excluding hydrogens is 403 g/mol. The Morgan fingerprint density at radius 2 is 1.87 bits per heavy atom. The van der Waals surface area contributed by atoms with Gasteiger partial charge in [0.2, 0.25) is 5.91 Å². The summed E-state index contributed by atoms with van der Waals surface area (Å²) in [5, 5.41) is 11.1. The smallest absolute Gasteiger partial charge is 0.406 e. The molecule has 31 heavy (non-hydrogen) atoms. The fourth-order valence-corrected chi connectivity index (χ4v) is 4.08. The van der Waals surface area contributed by atoms with Gasteiger partial charge in [-0.15, -0.1) is 9.90 Å². The summed E-state index contributed by atoms with van der Waals surface area (Å²) in [6.07, 6.45) is 7.30. The summed E-state index contributed by atoms with van der Waals surface area (Å²) in [4.78, 5) is 30.3. The van der Waals surface area contributed by atoms with E-state index in [1.165, 1.54) is 29.3 Å². The number of benzene rings is 1. The highest BCUT2D eigenvalue weighted by Crippen LogP contribution is 2.33. The van der Waals surface area contributed by atoms with E-state index in [1.807, 2.05) is 0 Å². The van der Waals surface area contributed by atoms with Crippen molar-refractivity contribution < 1.29 is 13.6 Å². The molecule has 10 heteroatoms. The third kappa shape index (κ3) is 3.72. The maximum Gasteiger partial charge on any atom is 0.420 e. The molecule has 158 valence electrons. The summed E-state index contributed by atoms with van der Waals surface area (Å²) in [6.45, 7) is 0. The minimum atomic E-state index is -0.395. The van der Waals surface area contributed by atoms with Gasteiger partial charge in [-0.25, -0.2) is 9.18 Å². The highest BCUT2D eigenvalue weighted by Gasteiger charge is 2.29. The maximum absolute atomic E-state index is 13.1. The van der Waals surface area contributed by atoms with Crippen LogP contribution < -0.4 is 11.1 Å². The van der Waals surface area contributed by atoms with Gasteiger partial charge < -0.3 is 9.73 Å². The van der Waals surface area contributed by atoms with Crippen molar-refractivity contribution in [2.45, 2.75) is 31.7 Å². The number of carbonyl (C=O) groups is 1. The molecule has 0 aliphatic heterocycles. The topological polar surface area (TPSA) is 108 Å². The molecule has 0 atom stereocenters. The van der Waals surface area contributed by atoms with Crippen LogP contribution in [0.15, 0.2) is 58.1 Å². The van der Waals surface area contributed by atoms with Crippen molar-refractivity contribution in [1.29, 1.82) is 0 Å². The Labute approximate surface area is 175 Å². The molecule has 0 bridgehead atoms. The number of carbonyl (C=O) groups excluding carboxylic acids is 1. The number of halogens is 1. The molecule has 1 aromatic carbocycles. The van der Waals surface area contributed by atoms with Gasteiger partial charge in [-0.2, -0.15) is 5.10 Å². The SMILES string of the molecule is O=C(Nc1cnn(-c2ccc(F)cc2)n1)C1CCC(n2c(=O)oc3cnccc32)CC1. The first-order chi connectivity index (χ1) is 15.1. The number of pyridine rings is 1. The number of oxazole rings is 1. The van der Waals surface area contributed by atoms with E-state index >= 15 is 0 Å². The van der Waals surface area contributed by atoms with Gasteiger partial charge in [-0.05, 0) is 56.0 Å². The van der Waals surface area contributed by atoms with Crippen LogP contribution in [0.1, 0.15) is 31.7 Å². The van der Waals surface area contributed by atoms with Crippen LogP contribution in [0.4, 0.5) is 10.2 Å². The average molecular weight is 422 g/mol. The second kappa shape index (κ2) is 7.78. The lowest BCUT2D eigenvalue weighted by atomic mass is 9.85. The molecule has 4 aromatic rings. The Kier molecular flexibility index (Phi) is 4.81. The first-order valence-electron chi connectivity index (χ1n) is 10.0. The highest BCUT2D eigenvalue weighted by atomic mass is 19.1. The summed E-state index contributed by atoms with van der Waals surface area (Å²) < 4.78 is 20.0. The van der Waals surface area contributed by atoms with E-state index in [0.717, 1.165) is 5.52 Å². The molecule has 0 unspecified atom stereocenters. The standard InChI is InChI=1S/C21H19FN6O3/c22-14-3-7-16(8-4-14)28-24-12-19(26-28)25-20(29)13-1-5-15(6-2-13)27-17-9-10-23-11-18(17)31-21(27)30/h3-4,7-13,15H,1-2,5-6H2,(H,25,26,29). The molecule has 0 saturated heterocycles.